The van der Waals surface area contributed by atoms with E-state index in [2.05, 4.69) is 20.8 Å². The summed E-state index contributed by atoms with van der Waals surface area (Å²) in [7, 11) is 0. The summed E-state index contributed by atoms with van der Waals surface area (Å²) in [5.41, 5.74) is 7.61. The van der Waals surface area contributed by atoms with E-state index in [-0.39, 0.29) is 5.91 Å². The minimum Gasteiger partial charge on any atom is -0.325 e. The number of nitrogens with zero attached hydrogens (tertiary/aromatic N) is 4. The monoisotopic (exact) mass is 328 g/mol. The molecule has 3 rings (SSSR count). The molecular weight excluding hydrogens is 304 g/mol. The summed E-state index contributed by atoms with van der Waals surface area (Å²) in [5, 5.41) is 14.4. The summed E-state index contributed by atoms with van der Waals surface area (Å²) in [6, 6.07) is 6.97. The molecule has 1 aliphatic rings. The smallest absolute Gasteiger partial charge is 0.241 e. The van der Waals surface area contributed by atoms with Crippen molar-refractivity contribution in [2.45, 2.75) is 51.5 Å². The lowest BCUT2D eigenvalue weighted by molar-refractivity contribution is -0.117. The molecule has 24 heavy (non-hydrogen) atoms. The Balaban J connectivity index is 1.62. The van der Waals surface area contributed by atoms with Crippen molar-refractivity contribution in [2.75, 3.05) is 5.32 Å². The van der Waals surface area contributed by atoms with Gasteiger partial charge in [-0.2, -0.15) is 4.68 Å². The Morgan fingerprint density at radius 1 is 1.38 bits per heavy atom. The number of nitrogens with one attached hydrogen (secondary N) is 1. The molecule has 1 saturated carbocycles. The predicted molar refractivity (Wildman–Crippen MR) is 91.7 cm³/mol. The second-order valence-corrected chi connectivity index (χ2v) is 6.52. The number of hydrogen-bond donors (Lipinski definition) is 2. The molecule has 0 radical (unpaired) electrons. The van der Waals surface area contributed by atoms with Crippen molar-refractivity contribution < 1.29 is 4.79 Å². The van der Waals surface area contributed by atoms with Gasteiger partial charge in [0.05, 0.1) is 11.7 Å². The SMILES string of the molecule is Cc1nnnn1-c1cccc(NC(=O)C(N)CC2CCCCC2)c1. The Bertz CT molecular complexity index is 692. The van der Waals surface area contributed by atoms with E-state index in [4.69, 9.17) is 5.73 Å². The molecule has 7 heteroatoms. The zero-order valence-corrected chi connectivity index (χ0v) is 14.0. The van der Waals surface area contributed by atoms with Crippen LogP contribution in [0.2, 0.25) is 0 Å². The predicted octanol–water partition coefficient (Wildman–Crippen LogP) is 2.21. The van der Waals surface area contributed by atoms with Crippen molar-refractivity contribution in [3.8, 4) is 5.69 Å². The summed E-state index contributed by atoms with van der Waals surface area (Å²) in [6.45, 7) is 1.82. The summed E-state index contributed by atoms with van der Waals surface area (Å²) in [4.78, 5) is 12.4. The number of rotatable bonds is 5. The van der Waals surface area contributed by atoms with Crippen LogP contribution in [0.3, 0.4) is 0 Å². The van der Waals surface area contributed by atoms with Gasteiger partial charge in [0.15, 0.2) is 5.82 Å². The molecule has 1 amide bonds. The third kappa shape index (κ3) is 3.97. The number of tetrazole rings is 1. The van der Waals surface area contributed by atoms with Crippen LogP contribution in [-0.2, 0) is 4.79 Å². The Morgan fingerprint density at radius 3 is 2.88 bits per heavy atom. The normalized spacial score (nSPS) is 16.8. The van der Waals surface area contributed by atoms with Crippen molar-refractivity contribution in [3.63, 3.8) is 0 Å². The van der Waals surface area contributed by atoms with Crippen LogP contribution in [-0.4, -0.2) is 32.2 Å². The Kier molecular flexibility index (Phi) is 5.20. The molecule has 7 nitrogen and oxygen atoms in total. The molecule has 2 aromatic rings. The molecule has 1 atom stereocenters. The van der Waals surface area contributed by atoms with Crippen molar-refractivity contribution in [2.24, 2.45) is 11.7 Å². The average Bonchev–Trinajstić information content (AvgIpc) is 3.02. The second-order valence-electron chi connectivity index (χ2n) is 6.52. The van der Waals surface area contributed by atoms with E-state index in [0.29, 0.717) is 17.4 Å². The van der Waals surface area contributed by atoms with Crippen molar-refractivity contribution in [1.29, 1.82) is 0 Å². The van der Waals surface area contributed by atoms with Gasteiger partial charge in [0.1, 0.15) is 0 Å². The molecule has 3 N–H and O–H groups in total. The zero-order chi connectivity index (χ0) is 16.9. The number of carbonyl (C=O) groups excluding carboxylic acids is 1. The molecule has 0 spiro atoms. The third-order valence-electron chi connectivity index (χ3n) is 4.63. The first-order valence-corrected chi connectivity index (χ1v) is 8.55. The lowest BCUT2D eigenvalue weighted by Gasteiger charge is -2.24. The van der Waals surface area contributed by atoms with E-state index in [9.17, 15) is 4.79 Å². The fraction of sp³-hybridized carbons (Fsp3) is 0.529. The fourth-order valence-electron chi connectivity index (χ4n) is 3.31. The van der Waals surface area contributed by atoms with Crippen LogP contribution in [0, 0.1) is 12.8 Å². The molecule has 1 fully saturated rings. The maximum absolute atomic E-state index is 12.4. The van der Waals surface area contributed by atoms with Gasteiger partial charge in [-0.1, -0.05) is 38.2 Å². The molecule has 0 saturated heterocycles. The van der Waals surface area contributed by atoms with Gasteiger partial charge >= 0.3 is 0 Å². The van der Waals surface area contributed by atoms with Crippen LogP contribution in [0.4, 0.5) is 5.69 Å². The molecule has 128 valence electrons. The van der Waals surface area contributed by atoms with Gasteiger partial charge in [-0.25, -0.2) is 0 Å². The van der Waals surface area contributed by atoms with Gasteiger partial charge in [-0.15, -0.1) is 5.10 Å². The number of hydrogen-bond acceptors (Lipinski definition) is 5. The van der Waals surface area contributed by atoms with Crippen LogP contribution < -0.4 is 11.1 Å². The highest BCUT2D eigenvalue weighted by Gasteiger charge is 2.21. The Labute approximate surface area is 141 Å². The zero-order valence-electron chi connectivity index (χ0n) is 14.0. The number of anilines is 1. The maximum Gasteiger partial charge on any atom is 0.241 e. The van der Waals surface area contributed by atoms with Crippen LogP contribution in [0.25, 0.3) is 5.69 Å². The van der Waals surface area contributed by atoms with Gasteiger partial charge in [0, 0.05) is 5.69 Å². The second kappa shape index (κ2) is 7.53. The standard InChI is InChI=1S/C17H24N6O/c1-12-20-21-22-23(12)15-9-5-8-14(11-15)19-17(24)16(18)10-13-6-3-2-4-7-13/h5,8-9,11,13,16H,2-4,6-7,10,18H2,1H3,(H,19,24). The molecule has 1 aliphatic carbocycles. The largest absolute Gasteiger partial charge is 0.325 e. The topological polar surface area (TPSA) is 98.7 Å². The van der Waals surface area contributed by atoms with Gasteiger partial charge in [-0.05, 0) is 47.9 Å². The van der Waals surface area contributed by atoms with Gasteiger partial charge in [0.25, 0.3) is 0 Å². The maximum atomic E-state index is 12.4. The van der Waals surface area contributed by atoms with Crippen LogP contribution in [0.1, 0.15) is 44.3 Å². The van der Waals surface area contributed by atoms with E-state index in [1.165, 1.54) is 32.1 Å². The van der Waals surface area contributed by atoms with Crippen molar-refractivity contribution in [3.05, 3.63) is 30.1 Å². The first-order chi connectivity index (χ1) is 11.6. The number of carbonyl (C=O) groups is 1. The molecule has 1 unspecified atom stereocenters. The third-order valence-corrected chi connectivity index (χ3v) is 4.63. The highest BCUT2D eigenvalue weighted by atomic mass is 16.2. The Morgan fingerprint density at radius 2 is 2.17 bits per heavy atom. The lowest BCUT2D eigenvalue weighted by atomic mass is 9.85. The van der Waals surface area contributed by atoms with Crippen LogP contribution in [0.5, 0.6) is 0 Å². The van der Waals surface area contributed by atoms with Gasteiger partial charge in [0.2, 0.25) is 5.91 Å². The fourth-order valence-corrected chi connectivity index (χ4v) is 3.31. The molecule has 1 heterocycles. The molecule has 1 aromatic heterocycles. The highest BCUT2D eigenvalue weighted by Crippen LogP contribution is 2.27. The molecular formula is C17H24N6O. The molecule has 1 aromatic carbocycles. The number of nitrogens with two attached hydrogens (primary N) is 1. The Hall–Kier alpha value is -2.28. The van der Waals surface area contributed by atoms with Crippen molar-refractivity contribution in [1.82, 2.24) is 20.2 Å². The number of benzene rings is 1. The van der Waals surface area contributed by atoms with E-state index < -0.39 is 6.04 Å². The van der Waals surface area contributed by atoms with Crippen molar-refractivity contribution >= 4 is 11.6 Å². The van der Waals surface area contributed by atoms with Gasteiger partial charge < -0.3 is 11.1 Å². The minimum absolute atomic E-state index is 0.133. The quantitative estimate of drug-likeness (QED) is 0.876. The van der Waals surface area contributed by atoms with E-state index in [1.54, 1.807) is 4.68 Å². The first kappa shape index (κ1) is 16.6. The highest BCUT2D eigenvalue weighted by molar-refractivity contribution is 5.94. The molecule has 0 aliphatic heterocycles. The minimum atomic E-state index is -0.466. The van der Waals surface area contributed by atoms with Crippen LogP contribution in [0.15, 0.2) is 24.3 Å². The first-order valence-electron chi connectivity index (χ1n) is 8.55. The summed E-state index contributed by atoms with van der Waals surface area (Å²) in [5.74, 6) is 1.13. The number of amides is 1. The van der Waals surface area contributed by atoms with Gasteiger partial charge in [-0.3, -0.25) is 4.79 Å². The summed E-state index contributed by atoms with van der Waals surface area (Å²) < 4.78 is 1.62. The van der Waals surface area contributed by atoms with E-state index in [1.807, 2.05) is 31.2 Å². The summed E-state index contributed by atoms with van der Waals surface area (Å²) in [6.07, 6.45) is 6.96. The number of aromatic nitrogens is 4. The van der Waals surface area contributed by atoms with E-state index in [0.717, 1.165) is 12.1 Å². The van der Waals surface area contributed by atoms with E-state index >= 15 is 0 Å². The average molecular weight is 328 g/mol. The lowest BCUT2D eigenvalue weighted by Crippen LogP contribution is -2.37. The molecule has 0 bridgehead atoms. The number of aryl methyl sites for hydroxylation is 1. The van der Waals surface area contributed by atoms with Crippen LogP contribution >= 0.6 is 0 Å². The summed E-state index contributed by atoms with van der Waals surface area (Å²) >= 11 is 0.